The van der Waals surface area contributed by atoms with Gasteiger partial charge < -0.3 is 25.4 Å². The Morgan fingerprint density at radius 1 is 1.15 bits per heavy atom. The molecule has 2 atom stereocenters. The summed E-state index contributed by atoms with van der Waals surface area (Å²) >= 11 is 0. The summed E-state index contributed by atoms with van der Waals surface area (Å²) in [7, 11) is 0. The number of aliphatic hydroxyl groups is 2. The second-order valence-corrected chi connectivity index (χ2v) is 5.73. The van der Waals surface area contributed by atoms with Crippen molar-refractivity contribution in [3.05, 3.63) is 65.2 Å². The third-order valence-corrected chi connectivity index (χ3v) is 3.81. The maximum Gasteiger partial charge on any atom is 0.407 e. The molecule has 0 aliphatic rings. The molecule has 0 bridgehead atoms. The fourth-order valence-corrected chi connectivity index (χ4v) is 2.33. The molecule has 0 saturated carbocycles. The molecule has 0 saturated heterocycles. The molecule has 2 aromatic rings. The van der Waals surface area contributed by atoms with Crippen molar-refractivity contribution in [2.75, 3.05) is 6.54 Å². The van der Waals surface area contributed by atoms with Gasteiger partial charge in [0.25, 0.3) is 0 Å². The third kappa shape index (κ3) is 5.58. The van der Waals surface area contributed by atoms with E-state index >= 15 is 0 Å². The molecule has 0 aliphatic heterocycles. The normalized spacial score (nSPS) is 12.8. The summed E-state index contributed by atoms with van der Waals surface area (Å²) in [5, 5.41) is 32.1. The molecule has 2 unspecified atom stereocenters. The number of amides is 1. The number of phenolic OH excluding ortho intramolecular Hbond substituents is 1. The van der Waals surface area contributed by atoms with Gasteiger partial charge in [0.05, 0.1) is 11.7 Å². The topological polar surface area (TPSA) is 116 Å². The average molecular weight is 359 g/mol. The summed E-state index contributed by atoms with van der Waals surface area (Å²) in [4.78, 5) is 22.4. The van der Waals surface area contributed by atoms with Gasteiger partial charge in [-0.3, -0.25) is 4.79 Å². The number of ether oxygens (including phenoxy) is 1. The minimum Gasteiger partial charge on any atom is -0.507 e. The number of nitrogens with one attached hydrogen (secondary N) is 1. The Kier molecular flexibility index (Phi) is 7.13. The van der Waals surface area contributed by atoms with Gasteiger partial charge >= 0.3 is 6.09 Å². The number of hydrogen-bond acceptors (Lipinski definition) is 6. The van der Waals surface area contributed by atoms with E-state index in [2.05, 4.69) is 5.32 Å². The molecule has 1 amide bonds. The number of aliphatic hydroxyl groups excluding tert-OH is 2. The summed E-state index contributed by atoms with van der Waals surface area (Å²) in [6.45, 7) is 0.240. The molecule has 26 heavy (non-hydrogen) atoms. The Morgan fingerprint density at radius 2 is 1.88 bits per heavy atom. The number of carbonyl (C=O) groups is 2. The molecular weight excluding hydrogens is 338 g/mol. The van der Waals surface area contributed by atoms with Gasteiger partial charge in [0.2, 0.25) is 0 Å². The van der Waals surface area contributed by atoms with Crippen LogP contribution in [0.5, 0.6) is 5.75 Å². The highest BCUT2D eigenvalue weighted by Gasteiger charge is 2.19. The van der Waals surface area contributed by atoms with Crippen molar-refractivity contribution >= 4 is 12.4 Å². The molecule has 0 fully saturated rings. The molecule has 0 heterocycles. The van der Waals surface area contributed by atoms with Crippen LogP contribution in [0.25, 0.3) is 0 Å². The predicted molar refractivity (Wildman–Crippen MR) is 93.7 cm³/mol. The van der Waals surface area contributed by atoms with Gasteiger partial charge in [0, 0.05) is 6.54 Å². The summed E-state index contributed by atoms with van der Waals surface area (Å²) in [5.74, 6) is -0.201. The zero-order valence-corrected chi connectivity index (χ0v) is 14.0. The first-order valence-electron chi connectivity index (χ1n) is 8.10. The molecule has 4 N–H and O–H groups in total. The van der Waals surface area contributed by atoms with Crippen LogP contribution in [0.15, 0.2) is 48.5 Å². The smallest absolute Gasteiger partial charge is 0.407 e. The SMILES string of the molecule is O=Cc1cc(C(O)C(O)CCNC(=O)OCc2ccccc2)ccc1O. The predicted octanol–water partition coefficient (Wildman–Crippen LogP) is 1.92. The van der Waals surface area contributed by atoms with E-state index in [1.54, 1.807) is 0 Å². The van der Waals surface area contributed by atoms with Crippen LogP contribution in [0, 0.1) is 0 Å². The van der Waals surface area contributed by atoms with Crippen molar-refractivity contribution < 1.29 is 29.6 Å². The van der Waals surface area contributed by atoms with Gasteiger partial charge in [0.15, 0.2) is 6.29 Å². The van der Waals surface area contributed by atoms with Crippen molar-refractivity contribution in [1.29, 1.82) is 0 Å². The van der Waals surface area contributed by atoms with Crippen LogP contribution < -0.4 is 5.32 Å². The first-order valence-corrected chi connectivity index (χ1v) is 8.10. The Bertz CT molecular complexity index is 734. The molecule has 7 nitrogen and oxygen atoms in total. The number of rotatable bonds is 8. The summed E-state index contributed by atoms with van der Waals surface area (Å²) < 4.78 is 5.04. The number of alkyl carbamates (subject to hydrolysis) is 1. The third-order valence-electron chi connectivity index (χ3n) is 3.81. The quantitative estimate of drug-likeness (QED) is 0.535. The maximum atomic E-state index is 11.6. The number of benzene rings is 2. The zero-order valence-electron chi connectivity index (χ0n) is 14.0. The van der Waals surface area contributed by atoms with E-state index in [0.29, 0.717) is 11.8 Å². The molecule has 0 aromatic heterocycles. The van der Waals surface area contributed by atoms with Crippen LogP contribution in [-0.4, -0.2) is 40.3 Å². The number of carbonyl (C=O) groups excluding carboxylic acids is 2. The van der Waals surface area contributed by atoms with Gasteiger partial charge in [0.1, 0.15) is 18.5 Å². The van der Waals surface area contributed by atoms with Crippen LogP contribution in [0.3, 0.4) is 0 Å². The van der Waals surface area contributed by atoms with E-state index in [1.165, 1.54) is 18.2 Å². The molecule has 7 heteroatoms. The maximum absolute atomic E-state index is 11.6. The molecule has 2 rings (SSSR count). The van der Waals surface area contributed by atoms with Gasteiger partial charge in [-0.15, -0.1) is 0 Å². The van der Waals surface area contributed by atoms with Gasteiger partial charge in [-0.2, -0.15) is 0 Å². The van der Waals surface area contributed by atoms with Crippen molar-refractivity contribution in [2.45, 2.75) is 25.2 Å². The minimum absolute atomic E-state index is 0.0244. The van der Waals surface area contributed by atoms with Crippen molar-refractivity contribution in [2.24, 2.45) is 0 Å². The lowest BCUT2D eigenvalue weighted by atomic mass is 10.00. The second kappa shape index (κ2) is 9.55. The van der Waals surface area contributed by atoms with E-state index in [4.69, 9.17) is 4.74 Å². The molecule has 138 valence electrons. The first kappa shape index (κ1) is 19.4. The van der Waals surface area contributed by atoms with Gasteiger partial charge in [-0.05, 0) is 29.7 Å². The fraction of sp³-hybridized carbons (Fsp3) is 0.263. The molecular formula is C19H21NO6. The van der Waals surface area contributed by atoms with Crippen LogP contribution in [-0.2, 0) is 11.3 Å². The van der Waals surface area contributed by atoms with E-state index in [-0.39, 0.29) is 30.9 Å². The fourth-order valence-electron chi connectivity index (χ4n) is 2.33. The highest BCUT2D eigenvalue weighted by molar-refractivity contribution is 5.79. The molecule has 2 aromatic carbocycles. The van der Waals surface area contributed by atoms with Crippen LogP contribution in [0.1, 0.15) is 34.0 Å². The number of aromatic hydroxyl groups is 1. The van der Waals surface area contributed by atoms with Gasteiger partial charge in [-0.1, -0.05) is 36.4 Å². The summed E-state index contributed by atoms with van der Waals surface area (Å²) in [5.41, 5.74) is 1.18. The Hall–Kier alpha value is -2.90. The Balaban J connectivity index is 1.76. The first-order chi connectivity index (χ1) is 12.5. The van der Waals surface area contributed by atoms with Crippen molar-refractivity contribution in [3.63, 3.8) is 0 Å². The summed E-state index contributed by atoms with van der Waals surface area (Å²) in [6.07, 6.45) is -2.49. The lowest BCUT2D eigenvalue weighted by Crippen LogP contribution is -2.29. The van der Waals surface area contributed by atoms with Crippen LogP contribution in [0.4, 0.5) is 4.79 Å². The largest absolute Gasteiger partial charge is 0.507 e. The lowest BCUT2D eigenvalue weighted by molar-refractivity contribution is 0.0136. The Morgan fingerprint density at radius 3 is 2.58 bits per heavy atom. The van der Waals surface area contributed by atoms with Crippen molar-refractivity contribution in [1.82, 2.24) is 5.32 Å². The number of aldehydes is 1. The Labute approximate surface area is 150 Å². The van der Waals surface area contributed by atoms with Crippen LogP contribution in [0.2, 0.25) is 0 Å². The van der Waals surface area contributed by atoms with Gasteiger partial charge in [-0.25, -0.2) is 4.79 Å². The monoisotopic (exact) mass is 359 g/mol. The van der Waals surface area contributed by atoms with E-state index in [0.717, 1.165) is 5.56 Å². The average Bonchev–Trinajstić information content (AvgIpc) is 2.67. The van der Waals surface area contributed by atoms with E-state index < -0.39 is 18.3 Å². The standard InChI is InChI=1S/C19H21NO6/c21-11-15-10-14(6-7-16(15)22)18(24)17(23)8-9-20-19(25)26-12-13-4-2-1-3-5-13/h1-7,10-11,17-18,22-24H,8-9,12H2,(H,20,25). The van der Waals surface area contributed by atoms with E-state index in [1.807, 2.05) is 30.3 Å². The lowest BCUT2D eigenvalue weighted by Gasteiger charge is -2.19. The highest BCUT2D eigenvalue weighted by Crippen LogP contribution is 2.24. The highest BCUT2D eigenvalue weighted by atomic mass is 16.5. The van der Waals surface area contributed by atoms with E-state index in [9.17, 15) is 24.9 Å². The van der Waals surface area contributed by atoms with Crippen LogP contribution >= 0.6 is 0 Å². The number of phenols is 1. The molecule has 0 radical (unpaired) electrons. The second-order valence-electron chi connectivity index (χ2n) is 5.73. The zero-order chi connectivity index (χ0) is 18.9. The van der Waals surface area contributed by atoms with Crippen molar-refractivity contribution in [3.8, 4) is 5.75 Å². The minimum atomic E-state index is -1.25. The molecule has 0 spiro atoms. The molecule has 0 aliphatic carbocycles. The summed E-state index contributed by atoms with van der Waals surface area (Å²) in [6, 6.07) is 13.2. The number of hydrogen-bond donors (Lipinski definition) is 4.